The van der Waals surface area contributed by atoms with Crippen LogP contribution in [-0.4, -0.2) is 62.6 Å². The minimum Gasteiger partial charge on any atom is -0.493 e. The fourth-order valence-corrected chi connectivity index (χ4v) is 5.02. The van der Waals surface area contributed by atoms with Gasteiger partial charge in [-0.25, -0.2) is 18.4 Å². The molecular formula is C26H28ClN5O5S. The van der Waals surface area contributed by atoms with Crippen LogP contribution in [0.15, 0.2) is 59.6 Å². The van der Waals surface area contributed by atoms with Crippen LogP contribution in [0.4, 0.5) is 5.82 Å². The highest BCUT2D eigenvalue weighted by molar-refractivity contribution is 7.92. The lowest BCUT2D eigenvalue weighted by molar-refractivity contribution is 0.249. The Hall–Kier alpha value is -3.67. The summed E-state index contributed by atoms with van der Waals surface area (Å²) in [5.74, 6) is 1.07. The third-order valence-corrected chi connectivity index (χ3v) is 7.44. The van der Waals surface area contributed by atoms with Gasteiger partial charge >= 0.3 is 0 Å². The summed E-state index contributed by atoms with van der Waals surface area (Å²) < 4.78 is 46.3. The summed E-state index contributed by atoms with van der Waals surface area (Å²) in [4.78, 5) is 15.1. The number of anilines is 1. The number of halogens is 1. The zero-order valence-electron chi connectivity index (χ0n) is 21.4. The van der Waals surface area contributed by atoms with Gasteiger partial charge in [0.05, 0.1) is 12.0 Å². The zero-order chi connectivity index (χ0) is 27.3. The Morgan fingerprint density at radius 3 is 2.61 bits per heavy atom. The summed E-state index contributed by atoms with van der Waals surface area (Å²) in [6.07, 6.45) is 1.57. The monoisotopic (exact) mass is 557 g/mol. The van der Waals surface area contributed by atoms with Gasteiger partial charge in [-0.2, -0.15) is 4.98 Å². The summed E-state index contributed by atoms with van der Waals surface area (Å²) in [5.41, 5.74) is 1.89. The Morgan fingerprint density at radius 1 is 1.03 bits per heavy atom. The quantitative estimate of drug-likeness (QED) is 0.288. The normalized spacial score (nSPS) is 11.5. The molecule has 1 N–H and O–H groups in total. The third-order valence-electron chi connectivity index (χ3n) is 5.55. The van der Waals surface area contributed by atoms with Crippen LogP contribution in [0.5, 0.6) is 17.4 Å². The average molecular weight is 558 g/mol. The van der Waals surface area contributed by atoms with E-state index in [0.29, 0.717) is 39.9 Å². The Labute approximate surface area is 226 Å². The predicted octanol–water partition coefficient (Wildman–Crippen LogP) is 4.32. The minimum absolute atomic E-state index is 0.0228. The molecule has 38 heavy (non-hydrogen) atoms. The van der Waals surface area contributed by atoms with E-state index in [2.05, 4.69) is 19.7 Å². The van der Waals surface area contributed by atoms with Crippen molar-refractivity contribution in [1.29, 1.82) is 0 Å². The van der Waals surface area contributed by atoms with Crippen molar-refractivity contribution in [2.45, 2.75) is 18.4 Å². The molecule has 2 aromatic heterocycles. The van der Waals surface area contributed by atoms with Gasteiger partial charge in [-0.15, -0.1) is 0 Å². The molecule has 0 aliphatic carbocycles. The molecule has 0 aliphatic rings. The standard InChI is InChI=1S/C26H28ClN5O5S/c1-17-19(27)7-5-9-23(17)38(33,34)31-25-26(30-24-20(29-25)8-6-12-28-24)37-16-18-10-11-21(35-4)22(15-18)36-14-13-32(2)3/h5-12,15H,13-14,16H2,1-4H3,(H,29,31). The minimum atomic E-state index is -4.05. The largest absolute Gasteiger partial charge is 0.493 e. The number of nitrogens with zero attached hydrogens (tertiary/aromatic N) is 4. The highest BCUT2D eigenvalue weighted by Crippen LogP contribution is 2.31. The number of benzene rings is 2. The Balaban J connectivity index is 1.63. The third kappa shape index (κ3) is 6.42. The van der Waals surface area contributed by atoms with Gasteiger partial charge in [-0.1, -0.05) is 23.7 Å². The fraction of sp³-hybridized carbons (Fsp3) is 0.269. The number of methoxy groups -OCH3 is 1. The fourth-order valence-electron chi connectivity index (χ4n) is 3.52. The number of likely N-dealkylation sites (N-methyl/N-ethyl adjacent to an activating group) is 1. The predicted molar refractivity (Wildman–Crippen MR) is 146 cm³/mol. The van der Waals surface area contributed by atoms with Crippen LogP contribution in [0.25, 0.3) is 11.2 Å². The summed E-state index contributed by atoms with van der Waals surface area (Å²) in [6.45, 7) is 2.90. The second-order valence-electron chi connectivity index (χ2n) is 8.62. The van der Waals surface area contributed by atoms with Crippen molar-refractivity contribution in [2.75, 3.05) is 39.1 Å². The second kappa shape index (κ2) is 11.8. The molecule has 4 rings (SSSR count). The van der Waals surface area contributed by atoms with Gasteiger partial charge in [0.1, 0.15) is 18.7 Å². The smallest absolute Gasteiger partial charge is 0.263 e. The Morgan fingerprint density at radius 2 is 1.84 bits per heavy atom. The summed E-state index contributed by atoms with van der Waals surface area (Å²) in [7, 11) is 1.44. The maximum absolute atomic E-state index is 13.3. The SMILES string of the molecule is COc1ccc(COc2nc3ncccc3nc2NS(=O)(=O)c2cccc(Cl)c2C)cc1OCCN(C)C. The number of pyridine rings is 1. The van der Waals surface area contributed by atoms with Crippen molar-refractivity contribution >= 4 is 38.6 Å². The van der Waals surface area contributed by atoms with Crippen LogP contribution in [0.2, 0.25) is 5.02 Å². The first kappa shape index (κ1) is 27.4. The van der Waals surface area contributed by atoms with E-state index in [4.69, 9.17) is 25.8 Å². The summed E-state index contributed by atoms with van der Waals surface area (Å²) >= 11 is 6.16. The summed E-state index contributed by atoms with van der Waals surface area (Å²) in [6, 6.07) is 13.4. The zero-order valence-corrected chi connectivity index (χ0v) is 23.0. The van der Waals surface area contributed by atoms with E-state index in [9.17, 15) is 8.42 Å². The number of hydrogen-bond donors (Lipinski definition) is 1. The van der Waals surface area contributed by atoms with Gasteiger partial charge in [0.25, 0.3) is 15.9 Å². The molecule has 0 spiro atoms. The van der Waals surface area contributed by atoms with E-state index in [1.165, 1.54) is 6.07 Å². The van der Waals surface area contributed by atoms with E-state index in [1.54, 1.807) is 56.6 Å². The second-order valence-corrected chi connectivity index (χ2v) is 10.7. The first-order chi connectivity index (χ1) is 18.2. The van der Waals surface area contributed by atoms with E-state index < -0.39 is 10.0 Å². The van der Waals surface area contributed by atoms with Crippen molar-refractivity contribution in [2.24, 2.45) is 0 Å². The number of nitrogens with one attached hydrogen (secondary N) is 1. The van der Waals surface area contributed by atoms with E-state index in [1.807, 2.05) is 25.1 Å². The molecule has 0 unspecified atom stereocenters. The van der Waals surface area contributed by atoms with Crippen LogP contribution < -0.4 is 18.9 Å². The molecule has 10 nitrogen and oxygen atoms in total. The van der Waals surface area contributed by atoms with Crippen molar-refractivity contribution in [3.05, 3.63) is 70.9 Å². The molecule has 0 atom stereocenters. The molecular weight excluding hydrogens is 530 g/mol. The van der Waals surface area contributed by atoms with Crippen LogP contribution in [0.3, 0.4) is 0 Å². The molecule has 0 saturated heterocycles. The molecule has 0 amide bonds. The van der Waals surface area contributed by atoms with Gasteiger partial charge in [0, 0.05) is 17.8 Å². The number of ether oxygens (including phenoxy) is 3. The van der Waals surface area contributed by atoms with Crippen LogP contribution >= 0.6 is 11.6 Å². The lowest BCUT2D eigenvalue weighted by Crippen LogP contribution is -2.19. The van der Waals surface area contributed by atoms with Crippen molar-refractivity contribution in [3.8, 4) is 17.4 Å². The first-order valence-electron chi connectivity index (χ1n) is 11.7. The van der Waals surface area contributed by atoms with Crippen molar-refractivity contribution in [1.82, 2.24) is 19.9 Å². The number of hydrogen-bond acceptors (Lipinski definition) is 9. The molecule has 2 heterocycles. The molecule has 2 aromatic carbocycles. The lowest BCUT2D eigenvalue weighted by atomic mass is 10.2. The maximum atomic E-state index is 13.3. The van der Waals surface area contributed by atoms with E-state index >= 15 is 0 Å². The molecule has 0 aliphatic heterocycles. The molecule has 0 saturated carbocycles. The van der Waals surface area contributed by atoms with Crippen LogP contribution in [-0.2, 0) is 16.6 Å². The Bertz CT molecular complexity index is 1550. The number of sulfonamides is 1. The molecule has 200 valence electrons. The molecule has 0 radical (unpaired) electrons. The Kier molecular flexibility index (Phi) is 8.50. The number of rotatable bonds is 11. The van der Waals surface area contributed by atoms with Gasteiger partial charge < -0.3 is 19.1 Å². The first-order valence-corrected chi connectivity index (χ1v) is 13.5. The van der Waals surface area contributed by atoms with Crippen LogP contribution in [0, 0.1) is 6.92 Å². The summed E-state index contributed by atoms with van der Waals surface area (Å²) in [5, 5.41) is 0.334. The van der Waals surface area contributed by atoms with Gasteiger partial charge in [0.15, 0.2) is 17.1 Å². The van der Waals surface area contributed by atoms with Gasteiger partial charge in [-0.3, -0.25) is 4.72 Å². The lowest BCUT2D eigenvalue weighted by Gasteiger charge is -2.16. The van der Waals surface area contributed by atoms with Gasteiger partial charge in [-0.05, 0) is 68.5 Å². The molecule has 0 fully saturated rings. The highest BCUT2D eigenvalue weighted by Gasteiger charge is 2.23. The van der Waals surface area contributed by atoms with Crippen molar-refractivity contribution in [3.63, 3.8) is 0 Å². The number of fused-ring (bicyclic) bond motifs is 1. The highest BCUT2D eigenvalue weighted by atomic mass is 35.5. The molecule has 4 aromatic rings. The topological polar surface area (TPSA) is 116 Å². The molecule has 12 heteroatoms. The van der Waals surface area contributed by atoms with E-state index in [0.717, 1.165) is 12.1 Å². The molecule has 0 bridgehead atoms. The maximum Gasteiger partial charge on any atom is 0.263 e. The van der Waals surface area contributed by atoms with Gasteiger partial charge in [0.2, 0.25) is 5.82 Å². The average Bonchev–Trinajstić information content (AvgIpc) is 2.88. The van der Waals surface area contributed by atoms with Crippen molar-refractivity contribution < 1.29 is 22.6 Å². The number of aromatic nitrogens is 3. The van der Waals surface area contributed by atoms with Crippen LogP contribution in [0.1, 0.15) is 11.1 Å². The van der Waals surface area contributed by atoms with E-state index in [-0.39, 0.29) is 23.2 Å².